The average Bonchev–Trinajstić information content (AvgIpc) is 3.31. The van der Waals surface area contributed by atoms with E-state index >= 15 is 0 Å². The Kier molecular flexibility index (Phi) is 9.28. The lowest BCUT2D eigenvalue weighted by molar-refractivity contribution is -0.121. The predicted octanol–water partition coefficient (Wildman–Crippen LogP) is 4.15. The minimum atomic E-state index is -0.0486. The predicted molar refractivity (Wildman–Crippen MR) is 121 cm³/mol. The number of methoxy groups -OCH3 is 1. The van der Waals surface area contributed by atoms with Crippen molar-refractivity contribution in [2.24, 2.45) is 0 Å². The summed E-state index contributed by atoms with van der Waals surface area (Å²) in [6.45, 7) is 4.80. The van der Waals surface area contributed by atoms with Crippen molar-refractivity contribution in [1.29, 1.82) is 0 Å². The normalized spacial score (nSPS) is 10.8. The van der Waals surface area contributed by atoms with Crippen LogP contribution in [0, 0.1) is 0 Å². The number of carbonyl (C=O) groups is 1. The lowest BCUT2D eigenvalue weighted by Gasteiger charge is -2.08. The minimum Gasteiger partial charge on any atom is -0.497 e. The lowest BCUT2D eigenvalue weighted by atomic mass is 10.1. The Morgan fingerprint density at radius 3 is 2.62 bits per heavy atom. The van der Waals surface area contributed by atoms with Gasteiger partial charge in [0.1, 0.15) is 5.75 Å². The number of nitrogens with zero attached hydrogens (tertiary/aromatic N) is 1. The molecule has 1 aromatic heterocycles. The van der Waals surface area contributed by atoms with Gasteiger partial charge in [0.25, 0.3) is 0 Å². The second-order valence-electron chi connectivity index (χ2n) is 7.19. The van der Waals surface area contributed by atoms with Crippen molar-refractivity contribution in [2.75, 3.05) is 26.9 Å². The van der Waals surface area contributed by atoms with E-state index in [4.69, 9.17) is 18.6 Å². The molecule has 3 rings (SSSR count). The number of hydrogen-bond donors (Lipinski definition) is 1. The maximum absolute atomic E-state index is 12.3. The molecule has 170 valence electrons. The zero-order valence-corrected chi connectivity index (χ0v) is 18.6. The maximum Gasteiger partial charge on any atom is 0.220 e. The summed E-state index contributed by atoms with van der Waals surface area (Å²) >= 11 is 0. The van der Waals surface area contributed by atoms with Crippen LogP contribution in [0.15, 0.2) is 59.1 Å². The van der Waals surface area contributed by atoms with Crippen molar-refractivity contribution >= 4 is 5.91 Å². The molecule has 3 aromatic rings. The fourth-order valence-corrected chi connectivity index (χ4v) is 3.11. The van der Waals surface area contributed by atoms with Crippen LogP contribution in [0.25, 0.3) is 11.3 Å². The Bertz CT molecular complexity index is 968. The third-order valence-corrected chi connectivity index (χ3v) is 4.82. The molecule has 1 N–H and O–H groups in total. The molecule has 0 fully saturated rings. The van der Waals surface area contributed by atoms with Crippen LogP contribution >= 0.6 is 0 Å². The molecule has 0 saturated carbocycles. The molecule has 0 atom stereocenters. The number of amides is 1. The second kappa shape index (κ2) is 12.6. The largest absolute Gasteiger partial charge is 0.497 e. The molecule has 0 unspecified atom stereocenters. The van der Waals surface area contributed by atoms with E-state index in [1.165, 1.54) is 0 Å². The molecule has 32 heavy (non-hydrogen) atoms. The highest BCUT2D eigenvalue weighted by Crippen LogP contribution is 2.23. The summed E-state index contributed by atoms with van der Waals surface area (Å²) < 4.78 is 21.8. The summed E-state index contributed by atoms with van der Waals surface area (Å²) in [6.07, 6.45) is 2.43. The number of aromatic nitrogens is 1. The Morgan fingerprint density at radius 1 is 1.06 bits per heavy atom. The molecule has 2 aromatic carbocycles. The first-order valence-electron chi connectivity index (χ1n) is 10.8. The van der Waals surface area contributed by atoms with Crippen LogP contribution in [0.5, 0.6) is 5.75 Å². The number of benzene rings is 2. The van der Waals surface area contributed by atoms with Gasteiger partial charge in [-0.15, -0.1) is 0 Å². The molecule has 0 bridgehead atoms. The Labute approximate surface area is 188 Å². The number of rotatable bonds is 13. The summed E-state index contributed by atoms with van der Waals surface area (Å²) in [4.78, 5) is 16.5. The Balaban J connectivity index is 1.41. The van der Waals surface area contributed by atoms with Crippen molar-refractivity contribution in [1.82, 2.24) is 10.3 Å². The van der Waals surface area contributed by atoms with Gasteiger partial charge in [-0.25, -0.2) is 4.98 Å². The molecule has 0 radical (unpaired) electrons. The SMILES string of the molecule is CCOCCOCc1cccc(CNC(=O)CCc2ncc(-c3ccc(OC)cc3)o2)c1. The molecule has 1 amide bonds. The first kappa shape index (κ1) is 23.5. The topological polar surface area (TPSA) is 82.8 Å². The van der Waals surface area contributed by atoms with Gasteiger partial charge in [0.15, 0.2) is 11.7 Å². The van der Waals surface area contributed by atoms with Crippen molar-refractivity contribution in [3.8, 4) is 17.1 Å². The van der Waals surface area contributed by atoms with Crippen LogP contribution in [0.2, 0.25) is 0 Å². The molecule has 0 aliphatic rings. The van der Waals surface area contributed by atoms with E-state index in [0.717, 1.165) is 22.4 Å². The molecule has 0 aliphatic carbocycles. The minimum absolute atomic E-state index is 0.0486. The van der Waals surface area contributed by atoms with E-state index in [1.807, 2.05) is 55.5 Å². The highest BCUT2D eigenvalue weighted by molar-refractivity contribution is 5.76. The highest BCUT2D eigenvalue weighted by atomic mass is 16.5. The maximum atomic E-state index is 12.3. The second-order valence-corrected chi connectivity index (χ2v) is 7.19. The molecule has 7 heteroatoms. The van der Waals surface area contributed by atoms with Crippen LogP contribution in [0.4, 0.5) is 0 Å². The molecule has 0 aliphatic heterocycles. The summed E-state index contributed by atoms with van der Waals surface area (Å²) in [5.74, 6) is 1.94. The van der Waals surface area contributed by atoms with Crippen molar-refractivity contribution in [3.05, 3.63) is 71.7 Å². The van der Waals surface area contributed by atoms with Gasteiger partial charge >= 0.3 is 0 Å². The van der Waals surface area contributed by atoms with Crippen LogP contribution < -0.4 is 10.1 Å². The average molecular weight is 439 g/mol. The molecule has 0 saturated heterocycles. The van der Waals surface area contributed by atoms with E-state index in [9.17, 15) is 4.79 Å². The van der Waals surface area contributed by atoms with E-state index < -0.39 is 0 Å². The molecular formula is C25H30N2O5. The first-order chi connectivity index (χ1) is 15.7. The number of carbonyl (C=O) groups excluding carboxylic acids is 1. The Hall–Kier alpha value is -3.16. The number of hydrogen-bond acceptors (Lipinski definition) is 6. The number of ether oxygens (including phenoxy) is 3. The highest BCUT2D eigenvalue weighted by Gasteiger charge is 2.09. The third kappa shape index (κ3) is 7.51. The Morgan fingerprint density at radius 2 is 1.84 bits per heavy atom. The monoisotopic (exact) mass is 438 g/mol. The van der Waals surface area contributed by atoms with Crippen molar-refractivity contribution < 1.29 is 23.4 Å². The third-order valence-electron chi connectivity index (χ3n) is 4.82. The fourth-order valence-electron chi connectivity index (χ4n) is 3.11. The van der Waals surface area contributed by atoms with Crippen LogP contribution in [-0.4, -0.2) is 37.8 Å². The number of aryl methyl sites for hydroxylation is 1. The summed E-state index contributed by atoms with van der Waals surface area (Å²) in [6, 6.07) is 15.6. The van der Waals surface area contributed by atoms with Gasteiger partial charge in [0.05, 0.1) is 33.1 Å². The van der Waals surface area contributed by atoms with Gasteiger partial charge in [0.2, 0.25) is 5.91 Å². The van der Waals surface area contributed by atoms with Gasteiger partial charge < -0.3 is 23.9 Å². The molecule has 1 heterocycles. The van der Waals surface area contributed by atoms with E-state index in [1.54, 1.807) is 13.3 Å². The van der Waals surface area contributed by atoms with Gasteiger partial charge in [-0.1, -0.05) is 24.3 Å². The lowest BCUT2D eigenvalue weighted by Crippen LogP contribution is -2.23. The zero-order valence-electron chi connectivity index (χ0n) is 18.6. The standard InChI is InChI=1S/C25H30N2O5/c1-3-30-13-14-31-18-20-6-4-5-19(15-20)16-26-24(28)11-12-25-27-17-23(32-25)21-7-9-22(29-2)10-8-21/h4-10,15,17H,3,11-14,16,18H2,1-2H3,(H,26,28). The molecule has 7 nitrogen and oxygen atoms in total. The smallest absolute Gasteiger partial charge is 0.220 e. The number of nitrogens with one attached hydrogen (secondary N) is 1. The fraction of sp³-hybridized carbons (Fsp3) is 0.360. The van der Waals surface area contributed by atoms with Crippen molar-refractivity contribution in [3.63, 3.8) is 0 Å². The molecule has 0 spiro atoms. The van der Waals surface area contributed by atoms with E-state index in [-0.39, 0.29) is 5.91 Å². The van der Waals surface area contributed by atoms with Crippen molar-refractivity contribution in [2.45, 2.75) is 32.9 Å². The van der Waals surface area contributed by atoms with Crippen LogP contribution in [-0.2, 0) is 33.8 Å². The summed E-state index contributed by atoms with van der Waals surface area (Å²) in [7, 11) is 1.63. The first-order valence-corrected chi connectivity index (χ1v) is 10.8. The summed E-state index contributed by atoms with van der Waals surface area (Å²) in [5.41, 5.74) is 3.01. The number of oxazole rings is 1. The van der Waals surface area contributed by atoms with E-state index in [0.29, 0.717) is 57.5 Å². The van der Waals surface area contributed by atoms with Crippen LogP contribution in [0.1, 0.15) is 30.4 Å². The summed E-state index contributed by atoms with van der Waals surface area (Å²) in [5, 5.41) is 2.95. The van der Waals surface area contributed by atoms with E-state index in [2.05, 4.69) is 10.3 Å². The van der Waals surface area contributed by atoms with Gasteiger partial charge in [-0.3, -0.25) is 4.79 Å². The van der Waals surface area contributed by atoms with Gasteiger partial charge in [0, 0.05) is 31.6 Å². The zero-order chi connectivity index (χ0) is 22.6. The molecular weight excluding hydrogens is 408 g/mol. The quantitative estimate of drug-likeness (QED) is 0.404. The van der Waals surface area contributed by atoms with Crippen LogP contribution in [0.3, 0.4) is 0 Å². The van der Waals surface area contributed by atoms with Gasteiger partial charge in [-0.2, -0.15) is 0 Å². The van der Waals surface area contributed by atoms with Gasteiger partial charge in [-0.05, 0) is 42.3 Å².